The molecule has 0 atom stereocenters. The highest BCUT2D eigenvalue weighted by Gasteiger charge is 2.11. The first kappa shape index (κ1) is 48.7. The van der Waals surface area contributed by atoms with Gasteiger partial charge in [0.2, 0.25) is 0 Å². The molecule has 244 valence electrons. The third kappa shape index (κ3) is 45.2. The molecule has 0 aliphatic rings. The highest BCUT2D eigenvalue weighted by Crippen LogP contribution is 2.19. The number of hydrogen-bond acceptors (Lipinski definition) is 0. The first-order valence-electron chi connectivity index (χ1n) is 17.4. The van der Waals surface area contributed by atoms with E-state index in [1.165, 1.54) is 19.3 Å². The molecule has 0 N–H and O–H groups in total. The van der Waals surface area contributed by atoms with E-state index in [-0.39, 0.29) is 0 Å². The third-order valence-corrected chi connectivity index (χ3v) is 8.57. The van der Waals surface area contributed by atoms with Crippen LogP contribution >= 0.6 is 0 Å². The topological polar surface area (TPSA) is 0 Å². The van der Waals surface area contributed by atoms with Crippen LogP contribution in [0.25, 0.3) is 0 Å². The molecule has 0 aliphatic carbocycles. The smallest absolute Gasteiger partial charge is 0.0396 e. The molecule has 0 radical (unpaired) electrons. The molecule has 39 heavy (non-hydrogen) atoms. The zero-order valence-corrected chi connectivity index (χ0v) is 32.6. The van der Waals surface area contributed by atoms with Crippen molar-refractivity contribution in [2.24, 2.45) is 76.9 Å². The van der Waals surface area contributed by atoms with Gasteiger partial charge in [0.15, 0.2) is 0 Å². The zero-order chi connectivity index (χ0) is 32.6. The van der Waals surface area contributed by atoms with Crippen LogP contribution in [0, 0.1) is 76.9 Å². The first-order chi connectivity index (χ1) is 17.4. The molecule has 0 aliphatic heterocycles. The van der Waals surface area contributed by atoms with Crippen molar-refractivity contribution in [3.05, 3.63) is 0 Å². The second-order valence-electron chi connectivity index (χ2n) is 16.4. The first-order valence-corrected chi connectivity index (χ1v) is 17.4. The molecular weight excluding hydrogens is 468 g/mol. The third-order valence-electron chi connectivity index (χ3n) is 8.57. The summed E-state index contributed by atoms with van der Waals surface area (Å²) < 4.78 is 0. The lowest BCUT2D eigenvalue weighted by Crippen LogP contribution is -2.10. The van der Waals surface area contributed by atoms with Gasteiger partial charge in [-0.05, 0) is 83.4 Å². The van der Waals surface area contributed by atoms with Crippen molar-refractivity contribution in [1.82, 2.24) is 0 Å². The van der Waals surface area contributed by atoms with Crippen molar-refractivity contribution in [3.63, 3.8) is 0 Å². The van der Waals surface area contributed by atoms with E-state index in [1.54, 1.807) is 0 Å². The van der Waals surface area contributed by atoms with Crippen LogP contribution < -0.4 is 0 Å². The summed E-state index contributed by atoms with van der Waals surface area (Å²) in [6.07, 6.45) is 4.13. The quantitative estimate of drug-likeness (QED) is 0.237. The summed E-state index contributed by atoms with van der Waals surface area (Å²) in [5.74, 6) is 11.2. The largest absolute Gasteiger partial charge is 0.0628 e. The van der Waals surface area contributed by atoms with Crippen LogP contribution in [-0.2, 0) is 0 Å². The molecule has 0 nitrogen and oxygen atoms in total. The second-order valence-corrected chi connectivity index (χ2v) is 16.4. The molecular formula is C39H88. The van der Waals surface area contributed by atoms with Crippen LogP contribution in [0.3, 0.4) is 0 Å². The molecule has 0 amide bonds. The molecule has 0 spiro atoms. The summed E-state index contributed by atoms with van der Waals surface area (Å²) >= 11 is 0. The molecule has 0 aromatic heterocycles. The molecule has 0 saturated carbocycles. The molecule has 0 rings (SSSR count). The van der Waals surface area contributed by atoms with Crippen LogP contribution in [-0.4, -0.2) is 0 Å². The molecule has 0 heterocycles. The summed E-state index contributed by atoms with van der Waals surface area (Å²) in [7, 11) is 0. The molecule has 0 unspecified atom stereocenters. The predicted octanol–water partition coefficient (Wildman–Crippen LogP) is 14.6. The molecule has 0 bridgehead atoms. The fourth-order valence-electron chi connectivity index (χ4n) is 3.92. The Morgan fingerprint density at radius 3 is 0.410 bits per heavy atom. The van der Waals surface area contributed by atoms with Gasteiger partial charge in [-0.25, -0.2) is 0 Å². The minimum Gasteiger partial charge on any atom is -0.0628 e. The highest BCUT2D eigenvalue weighted by molar-refractivity contribution is 4.61. The molecule has 0 fully saturated rings. The molecule has 0 saturated heterocycles. The van der Waals surface area contributed by atoms with Crippen molar-refractivity contribution in [2.45, 2.75) is 179 Å². The van der Waals surface area contributed by atoms with Crippen molar-refractivity contribution in [3.8, 4) is 0 Å². The van der Waals surface area contributed by atoms with Crippen molar-refractivity contribution in [2.75, 3.05) is 0 Å². The maximum Gasteiger partial charge on any atom is -0.0396 e. The van der Waals surface area contributed by atoms with Crippen molar-refractivity contribution < 1.29 is 0 Å². The Labute approximate surface area is 255 Å². The number of hydrogen-bond donors (Lipinski definition) is 0. The highest BCUT2D eigenvalue weighted by atomic mass is 14.2. The summed E-state index contributed by atoms with van der Waals surface area (Å²) in [4.78, 5) is 0. The maximum atomic E-state index is 2.31. The van der Waals surface area contributed by atoms with Crippen molar-refractivity contribution in [1.29, 1.82) is 0 Å². The van der Waals surface area contributed by atoms with Gasteiger partial charge in [0, 0.05) is 0 Å². The van der Waals surface area contributed by atoms with Gasteiger partial charge in [-0.15, -0.1) is 0 Å². The van der Waals surface area contributed by atoms with Gasteiger partial charge < -0.3 is 0 Å². The Morgan fingerprint density at radius 2 is 0.385 bits per heavy atom. The average molecular weight is 557 g/mol. The van der Waals surface area contributed by atoms with Crippen LogP contribution in [0.1, 0.15) is 179 Å². The van der Waals surface area contributed by atoms with Crippen molar-refractivity contribution >= 4 is 0 Å². The summed E-state index contributed by atoms with van der Waals surface area (Å²) in [6.45, 7) is 52.5. The Morgan fingerprint density at radius 1 is 0.231 bits per heavy atom. The van der Waals surface area contributed by atoms with Crippen LogP contribution in [0.5, 0.6) is 0 Å². The van der Waals surface area contributed by atoms with E-state index in [0.29, 0.717) is 0 Å². The van der Waals surface area contributed by atoms with E-state index in [1.807, 2.05) is 0 Å². The molecule has 0 heteroatoms. The van der Waals surface area contributed by atoms with Gasteiger partial charge in [0.1, 0.15) is 0 Å². The lowest BCUT2D eigenvalue weighted by atomic mass is 9.88. The van der Waals surface area contributed by atoms with Gasteiger partial charge in [-0.3, -0.25) is 0 Å². The van der Waals surface area contributed by atoms with Crippen LogP contribution in [0.15, 0.2) is 0 Å². The van der Waals surface area contributed by atoms with E-state index in [0.717, 1.165) is 76.9 Å². The van der Waals surface area contributed by atoms with Gasteiger partial charge >= 0.3 is 0 Å². The maximum absolute atomic E-state index is 2.31. The molecule has 0 aromatic carbocycles. The monoisotopic (exact) mass is 557 g/mol. The average Bonchev–Trinajstić information content (AvgIpc) is 2.76. The Hall–Kier alpha value is 0. The lowest BCUT2D eigenvalue weighted by molar-refractivity contribution is 0.316. The van der Waals surface area contributed by atoms with Crippen LogP contribution in [0.4, 0.5) is 0 Å². The van der Waals surface area contributed by atoms with E-state index >= 15 is 0 Å². The fraction of sp³-hybridized carbons (Fsp3) is 1.00. The Balaban J connectivity index is -0.000000124. The second kappa shape index (κ2) is 29.5. The molecule has 0 aromatic rings. The van der Waals surface area contributed by atoms with E-state index in [2.05, 4.69) is 159 Å². The Kier molecular flexibility index (Phi) is 36.8. The lowest BCUT2D eigenvalue weighted by Gasteiger charge is -2.18. The SMILES string of the molecule is CC(C)C(C)C(C)C.CC(C)C(C)C(C)C.CC(C)C(C)C(C)C.CC(C)CC(C)C.CC(C)CCC(C)C. The minimum absolute atomic E-state index is 0.843. The van der Waals surface area contributed by atoms with E-state index in [4.69, 9.17) is 0 Å². The summed E-state index contributed by atoms with van der Waals surface area (Å²) in [6, 6.07) is 0. The van der Waals surface area contributed by atoms with Gasteiger partial charge in [0.25, 0.3) is 0 Å². The fourth-order valence-corrected chi connectivity index (χ4v) is 3.92. The van der Waals surface area contributed by atoms with E-state index in [9.17, 15) is 0 Å². The standard InChI is InChI=1S/4C8H18.C7H16/c1-7(2)5-6-8(3)4;3*1-6(2)8(5)7(3)4;1-6(2)5-7(3)4/h7-8H,5-6H2,1-4H3;3*6-8H,1-5H3;6-7H,5H2,1-4H3. The number of rotatable bonds is 11. The summed E-state index contributed by atoms with van der Waals surface area (Å²) in [5, 5.41) is 0. The van der Waals surface area contributed by atoms with Gasteiger partial charge in [-0.2, -0.15) is 0 Å². The van der Waals surface area contributed by atoms with Crippen LogP contribution in [0.2, 0.25) is 0 Å². The zero-order valence-electron chi connectivity index (χ0n) is 32.6. The van der Waals surface area contributed by atoms with Gasteiger partial charge in [-0.1, -0.05) is 172 Å². The minimum atomic E-state index is 0.843. The van der Waals surface area contributed by atoms with E-state index < -0.39 is 0 Å². The summed E-state index contributed by atoms with van der Waals surface area (Å²) in [5.41, 5.74) is 0. The normalized spacial score (nSPS) is 11.7. The predicted molar refractivity (Wildman–Crippen MR) is 190 cm³/mol. The Bertz CT molecular complexity index is 352. The van der Waals surface area contributed by atoms with Gasteiger partial charge in [0.05, 0.1) is 0 Å².